The van der Waals surface area contributed by atoms with Gasteiger partial charge in [0.15, 0.2) is 17.1 Å². The van der Waals surface area contributed by atoms with Gasteiger partial charge < -0.3 is 29.8 Å². The summed E-state index contributed by atoms with van der Waals surface area (Å²) in [5, 5.41) is 34.9. The Morgan fingerprint density at radius 3 is 2.51 bits per heavy atom. The monoisotopic (exact) mass is 495 g/mol. The van der Waals surface area contributed by atoms with Gasteiger partial charge in [0, 0.05) is 5.56 Å². The van der Waals surface area contributed by atoms with Gasteiger partial charge in [-0.2, -0.15) is 6.20 Å². The molecule has 0 saturated heterocycles. The molecular formula is C30H25NO6. The zero-order valence-electron chi connectivity index (χ0n) is 20.1. The topological polar surface area (TPSA) is 115 Å². The Bertz CT molecular complexity index is 1670. The molecule has 1 aromatic heterocycles. The third-order valence-electron chi connectivity index (χ3n) is 7.12. The average molecular weight is 496 g/mol. The van der Waals surface area contributed by atoms with Gasteiger partial charge in [-0.25, -0.2) is 0 Å². The number of ketones is 1. The minimum absolute atomic E-state index is 0.0624. The number of aryl methyl sites for hydroxylation is 1. The minimum Gasteiger partial charge on any atom is -0.664 e. The normalized spacial score (nSPS) is 15.1. The summed E-state index contributed by atoms with van der Waals surface area (Å²) in [7, 11) is 1.36. The highest BCUT2D eigenvalue weighted by Crippen LogP contribution is 2.52. The highest BCUT2D eigenvalue weighted by Gasteiger charge is 2.39. The first kappa shape index (κ1) is 22.8. The van der Waals surface area contributed by atoms with E-state index < -0.39 is 6.10 Å². The van der Waals surface area contributed by atoms with Gasteiger partial charge in [0.05, 0.1) is 7.11 Å². The zero-order chi connectivity index (χ0) is 25.7. The predicted octanol–water partition coefficient (Wildman–Crippen LogP) is 5.28. The maximum atomic E-state index is 11.1. The maximum Gasteiger partial charge on any atom is 0.335 e. The summed E-state index contributed by atoms with van der Waals surface area (Å²) >= 11 is 0. The average Bonchev–Trinajstić information content (AvgIpc) is 3.38. The van der Waals surface area contributed by atoms with Crippen LogP contribution in [0, 0.1) is 0 Å². The van der Waals surface area contributed by atoms with E-state index in [1.807, 2.05) is 18.2 Å². The molecule has 7 heteroatoms. The molecule has 4 N–H and O–H groups in total. The molecule has 0 saturated carbocycles. The molecule has 7 nitrogen and oxygen atoms in total. The summed E-state index contributed by atoms with van der Waals surface area (Å²) < 4.78 is 11.6. The zero-order valence-corrected chi connectivity index (χ0v) is 20.1. The Morgan fingerprint density at radius 1 is 0.919 bits per heavy atom. The van der Waals surface area contributed by atoms with Crippen LogP contribution < -0.4 is 14.5 Å². The van der Waals surface area contributed by atoms with Crippen LogP contribution in [0.5, 0.6) is 28.7 Å². The second-order valence-electron chi connectivity index (χ2n) is 9.22. The summed E-state index contributed by atoms with van der Waals surface area (Å²) in [6, 6.07) is 18.7. The van der Waals surface area contributed by atoms with Crippen molar-refractivity contribution in [3.05, 3.63) is 89.1 Å². The van der Waals surface area contributed by atoms with E-state index in [0.717, 1.165) is 32.8 Å². The fourth-order valence-electron chi connectivity index (χ4n) is 5.28. The van der Waals surface area contributed by atoms with Crippen molar-refractivity contribution in [2.75, 3.05) is 7.11 Å². The van der Waals surface area contributed by atoms with Crippen molar-refractivity contribution in [1.29, 1.82) is 0 Å². The van der Waals surface area contributed by atoms with Gasteiger partial charge in [0.2, 0.25) is 5.75 Å². The third-order valence-corrected chi connectivity index (χ3v) is 7.12. The van der Waals surface area contributed by atoms with Crippen LogP contribution in [0.3, 0.4) is 0 Å². The molecule has 1 aliphatic heterocycles. The number of benzene rings is 4. The molecule has 1 aliphatic rings. The van der Waals surface area contributed by atoms with E-state index in [2.05, 4.69) is 23.2 Å². The summed E-state index contributed by atoms with van der Waals surface area (Å²) in [6.45, 7) is 0. The number of nitrogens with zero attached hydrogens (tertiary/aromatic N) is 1. The van der Waals surface area contributed by atoms with Crippen molar-refractivity contribution in [3.8, 4) is 28.7 Å². The molecule has 186 valence electrons. The smallest absolute Gasteiger partial charge is 0.335 e. The minimum atomic E-state index is -0.560. The second-order valence-corrected chi connectivity index (χ2v) is 9.22. The molecule has 0 fully saturated rings. The van der Waals surface area contributed by atoms with E-state index in [4.69, 9.17) is 9.47 Å². The highest BCUT2D eigenvalue weighted by atomic mass is 16.5. The largest absolute Gasteiger partial charge is 0.664 e. The maximum absolute atomic E-state index is 11.1. The number of hydrogen-bond donors (Lipinski definition) is 3. The summed E-state index contributed by atoms with van der Waals surface area (Å²) in [6.07, 6.45) is 2.30. The van der Waals surface area contributed by atoms with Gasteiger partial charge in [-0.05, 0) is 52.3 Å². The Kier molecular flexibility index (Phi) is 5.41. The summed E-state index contributed by atoms with van der Waals surface area (Å²) in [5.41, 5.74) is 3.34. The molecule has 0 radical (unpaired) electrons. The standard InChI is InChI=1S/C30H24NO6/c1-36-30-27(34)22(10-7-16-3-2-4-20-19(16)11-12-23-21(20)13-14-31-23)29-26(28(30)35)24(33)15-25(37-29)17-5-8-18(32)9-6-17/h2-6,8-9,11-14,25,32H,7,10,15H2,1H3,(H2,33,34,35)/q-1/p+1. The van der Waals surface area contributed by atoms with Crippen molar-refractivity contribution in [2.45, 2.75) is 25.4 Å². The predicted molar refractivity (Wildman–Crippen MR) is 141 cm³/mol. The van der Waals surface area contributed by atoms with Crippen molar-refractivity contribution in [3.63, 3.8) is 0 Å². The van der Waals surface area contributed by atoms with Gasteiger partial charge in [0.1, 0.15) is 24.0 Å². The first-order valence-corrected chi connectivity index (χ1v) is 12.0. The van der Waals surface area contributed by atoms with Gasteiger partial charge in [-0.3, -0.25) is 4.79 Å². The Balaban J connectivity index is 1.42. The lowest BCUT2D eigenvalue weighted by molar-refractivity contribution is 0.197. The number of methoxy groups -OCH3 is 1. The number of ether oxygens (including phenoxy) is 2. The van der Waals surface area contributed by atoms with Crippen LogP contribution in [0.15, 0.2) is 66.9 Å². The molecular weight excluding hydrogens is 470 g/mol. The van der Waals surface area contributed by atoms with Crippen LogP contribution in [0.1, 0.15) is 34.8 Å². The van der Waals surface area contributed by atoms with Crippen LogP contribution in [-0.4, -0.2) is 33.0 Å². The van der Waals surface area contributed by atoms with Crippen LogP contribution in [0.25, 0.3) is 21.7 Å². The molecule has 0 spiro atoms. The van der Waals surface area contributed by atoms with Gasteiger partial charge in [0.25, 0.3) is 0 Å². The molecule has 4 aromatic carbocycles. The molecule has 1 atom stereocenters. The number of aromatic hydroxyl groups is 3. The molecule has 6 rings (SSSR count). The fraction of sp³-hybridized carbons (Fsp3) is 0.167. The molecule has 1 unspecified atom stereocenters. The van der Waals surface area contributed by atoms with Crippen molar-refractivity contribution in [1.82, 2.24) is 4.98 Å². The summed E-state index contributed by atoms with van der Waals surface area (Å²) in [5.74, 6) is -0.404. The Morgan fingerprint density at radius 2 is 1.73 bits per heavy atom. The van der Waals surface area contributed by atoms with Crippen molar-refractivity contribution in [2.24, 2.45) is 0 Å². The number of hydrogen-bond acceptors (Lipinski definition) is 5. The number of aromatic nitrogens is 1. The SMILES string of the molecule is COc1c(O)c(CCc2cccc3c2ccc2[n-]ccc23)c2c(c1O)C(=[OH+])CC(c1ccc(O)cc1)O2. The summed E-state index contributed by atoms with van der Waals surface area (Å²) in [4.78, 5) is 15.4. The van der Waals surface area contributed by atoms with Gasteiger partial charge >= 0.3 is 5.78 Å². The first-order valence-electron chi connectivity index (χ1n) is 12.0. The van der Waals surface area contributed by atoms with E-state index in [9.17, 15) is 20.1 Å². The molecule has 2 heterocycles. The number of carbonyl (C=O) groups excluding carboxylic acids is 1. The van der Waals surface area contributed by atoms with Gasteiger partial charge in [-0.1, -0.05) is 48.5 Å². The van der Waals surface area contributed by atoms with Crippen LogP contribution in [0.4, 0.5) is 0 Å². The lowest BCUT2D eigenvalue weighted by atomic mass is 9.90. The van der Waals surface area contributed by atoms with E-state index in [0.29, 0.717) is 18.4 Å². The lowest BCUT2D eigenvalue weighted by Gasteiger charge is -2.27. The first-order chi connectivity index (χ1) is 18.0. The Hall–Kier alpha value is -4.65. The van der Waals surface area contributed by atoms with Crippen LogP contribution >= 0.6 is 0 Å². The molecule has 0 bridgehead atoms. The second kappa shape index (κ2) is 8.78. The lowest BCUT2D eigenvalue weighted by Crippen LogP contribution is -2.23. The quantitative estimate of drug-likeness (QED) is 0.286. The van der Waals surface area contributed by atoms with Crippen molar-refractivity contribution >= 4 is 27.5 Å². The van der Waals surface area contributed by atoms with E-state index in [-0.39, 0.29) is 46.5 Å². The number of rotatable bonds is 5. The highest BCUT2D eigenvalue weighted by molar-refractivity contribution is 6.07. The number of phenols is 3. The Labute approximate surface area is 212 Å². The van der Waals surface area contributed by atoms with E-state index in [1.165, 1.54) is 7.11 Å². The number of fused-ring (bicyclic) bond motifs is 4. The van der Waals surface area contributed by atoms with Gasteiger partial charge in [-0.15, -0.1) is 5.52 Å². The molecule has 37 heavy (non-hydrogen) atoms. The van der Waals surface area contributed by atoms with E-state index >= 15 is 0 Å². The van der Waals surface area contributed by atoms with Crippen LogP contribution in [0.2, 0.25) is 0 Å². The van der Waals surface area contributed by atoms with Crippen LogP contribution in [-0.2, 0) is 12.8 Å². The third kappa shape index (κ3) is 3.71. The fourth-order valence-corrected chi connectivity index (χ4v) is 5.28. The van der Waals surface area contributed by atoms with Crippen molar-refractivity contribution < 1.29 is 29.6 Å². The molecule has 5 aromatic rings. The van der Waals surface area contributed by atoms with E-state index in [1.54, 1.807) is 30.5 Å². The molecule has 0 aliphatic carbocycles. The molecule has 0 amide bonds. The number of phenolic OH excluding ortho intramolecular Hbond substituents is 3.